The Morgan fingerprint density at radius 1 is 1.08 bits per heavy atom. The molecule has 2 aromatic heterocycles. The molecular weight excluding hydrogens is 492 g/mol. The van der Waals surface area contributed by atoms with Gasteiger partial charge in [-0.25, -0.2) is 4.98 Å². The van der Waals surface area contributed by atoms with Gasteiger partial charge in [-0.15, -0.1) is 0 Å². The lowest BCUT2D eigenvalue weighted by molar-refractivity contribution is -0.142. The molecule has 1 aliphatic rings. The van der Waals surface area contributed by atoms with Crippen LogP contribution in [-0.4, -0.2) is 40.6 Å². The number of carbonyl (C=O) groups is 1. The van der Waals surface area contributed by atoms with E-state index >= 15 is 0 Å². The molecule has 0 bridgehead atoms. The molecule has 6 rings (SSSR count). The first-order valence-corrected chi connectivity index (χ1v) is 13.2. The maximum absolute atomic E-state index is 12.1. The molecule has 0 aliphatic carbocycles. The number of anilines is 1. The van der Waals surface area contributed by atoms with Crippen LogP contribution in [0.1, 0.15) is 30.6 Å². The van der Waals surface area contributed by atoms with Crippen LogP contribution in [-0.2, 0) is 27.3 Å². The summed E-state index contributed by atoms with van der Waals surface area (Å²) in [5.41, 5.74) is 10.9. The number of fused-ring (bicyclic) bond motifs is 2. The number of pyridine rings is 1. The van der Waals surface area contributed by atoms with Gasteiger partial charge in [0.25, 0.3) is 0 Å². The Kier molecular flexibility index (Phi) is 6.85. The molecule has 1 fully saturated rings. The van der Waals surface area contributed by atoms with Crippen molar-refractivity contribution in [2.75, 3.05) is 25.6 Å². The van der Waals surface area contributed by atoms with E-state index in [2.05, 4.69) is 46.1 Å². The van der Waals surface area contributed by atoms with Gasteiger partial charge in [0.05, 0.1) is 31.2 Å². The van der Waals surface area contributed by atoms with Crippen LogP contribution in [0.3, 0.4) is 0 Å². The lowest BCUT2D eigenvalue weighted by atomic mass is 10.00. The van der Waals surface area contributed by atoms with Crippen molar-refractivity contribution in [2.24, 2.45) is 0 Å². The van der Waals surface area contributed by atoms with Crippen LogP contribution in [0.4, 0.5) is 5.82 Å². The molecule has 0 unspecified atom stereocenters. The predicted molar refractivity (Wildman–Crippen MR) is 150 cm³/mol. The van der Waals surface area contributed by atoms with E-state index in [1.807, 2.05) is 30.3 Å². The van der Waals surface area contributed by atoms with Crippen molar-refractivity contribution in [2.45, 2.75) is 32.4 Å². The highest BCUT2D eigenvalue weighted by atomic mass is 16.5. The number of hydrogen-bond acceptors (Lipinski definition) is 7. The van der Waals surface area contributed by atoms with Gasteiger partial charge in [-0.05, 0) is 60.2 Å². The Labute approximate surface area is 226 Å². The van der Waals surface area contributed by atoms with Crippen LogP contribution in [0.2, 0.25) is 0 Å². The third-order valence-corrected chi connectivity index (χ3v) is 7.14. The van der Waals surface area contributed by atoms with Crippen LogP contribution in [0.15, 0.2) is 72.9 Å². The van der Waals surface area contributed by atoms with Crippen molar-refractivity contribution in [3.8, 4) is 16.9 Å². The second-order valence-electron chi connectivity index (χ2n) is 9.65. The zero-order chi connectivity index (χ0) is 26.8. The van der Waals surface area contributed by atoms with Gasteiger partial charge < -0.3 is 19.9 Å². The summed E-state index contributed by atoms with van der Waals surface area (Å²) in [6.07, 6.45) is 2.79. The summed E-state index contributed by atoms with van der Waals surface area (Å²) in [5.74, 6) is 0.881. The lowest BCUT2D eigenvalue weighted by Gasteiger charge is -2.11. The minimum Gasteiger partial charge on any atom is -0.487 e. The van der Waals surface area contributed by atoms with Crippen molar-refractivity contribution in [3.05, 3.63) is 84.2 Å². The standard InChI is InChI=1S/C31H30N4O4/c1-2-38-30(36)17-23-5-3-4-6-29(23)39-19-27-26-16-22(9-10-28(26)35(34-27)24-12-14-37-18-24)21-8-7-20-11-13-33-31(32)25(20)15-21/h3-11,13,15-16,24H,2,12,14,17-19H2,1H3,(H2,32,33)/t24-/m1/s1. The Morgan fingerprint density at radius 2 is 1.90 bits per heavy atom. The van der Waals surface area contributed by atoms with Gasteiger partial charge in [-0.2, -0.15) is 5.10 Å². The van der Waals surface area contributed by atoms with E-state index in [4.69, 9.17) is 25.0 Å². The predicted octanol–water partition coefficient (Wildman–Crippen LogP) is 5.48. The Bertz CT molecular complexity index is 1660. The molecule has 1 aliphatic heterocycles. The summed E-state index contributed by atoms with van der Waals surface area (Å²) in [5, 5.41) is 7.99. The van der Waals surface area contributed by atoms with Gasteiger partial charge in [-0.1, -0.05) is 36.4 Å². The first-order valence-electron chi connectivity index (χ1n) is 13.2. The Hall–Kier alpha value is -4.43. The van der Waals surface area contributed by atoms with Crippen LogP contribution >= 0.6 is 0 Å². The fourth-order valence-electron chi connectivity index (χ4n) is 5.16. The quantitative estimate of drug-likeness (QED) is 0.269. The van der Waals surface area contributed by atoms with Gasteiger partial charge in [0.1, 0.15) is 23.9 Å². The van der Waals surface area contributed by atoms with E-state index in [1.54, 1.807) is 13.1 Å². The minimum absolute atomic E-state index is 0.155. The summed E-state index contributed by atoms with van der Waals surface area (Å²) in [6, 6.07) is 22.3. The first-order chi connectivity index (χ1) is 19.1. The molecule has 8 nitrogen and oxygen atoms in total. The highest BCUT2D eigenvalue weighted by molar-refractivity contribution is 5.95. The third-order valence-electron chi connectivity index (χ3n) is 7.14. The number of rotatable bonds is 8. The number of benzene rings is 3. The normalized spacial score (nSPS) is 15.2. The number of esters is 1. The maximum atomic E-state index is 12.1. The lowest BCUT2D eigenvalue weighted by Crippen LogP contribution is -2.11. The van der Waals surface area contributed by atoms with Crippen molar-refractivity contribution >= 4 is 33.5 Å². The van der Waals surface area contributed by atoms with E-state index < -0.39 is 0 Å². The molecule has 0 radical (unpaired) electrons. The van der Waals surface area contributed by atoms with Crippen LogP contribution in [0, 0.1) is 0 Å². The summed E-state index contributed by atoms with van der Waals surface area (Å²) in [6.45, 7) is 3.77. The second-order valence-corrected chi connectivity index (χ2v) is 9.65. The molecule has 3 heterocycles. The van der Waals surface area contributed by atoms with Gasteiger partial charge in [0, 0.05) is 29.1 Å². The van der Waals surface area contributed by atoms with E-state index in [1.165, 1.54) is 0 Å². The molecule has 1 saturated heterocycles. The number of aromatic nitrogens is 3. The number of nitrogen functional groups attached to an aromatic ring is 1. The molecule has 0 saturated carbocycles. The monoisotopic (exact) mass is 522 g/mol. The fourth-order valence-corrected chi connectivity index (χ4v) is 5.16. The topological polar surface area (TPSA) is 101 Å². The molecular formula is C31H30N4O4. The average Bonchev–Trinajstić information content (AvgIpc) is 3.61. The molecule has 5 aromatic rings. The molecule has 8 heteroatoms. The number of nitrogens with zero attached hydrogens (tertiary/aromatic N) is 3. The average molecular weight is 523 g/mol. The zero-order valence-electron chi connectivity index (χ0n) is 21.8. The SMILES string of the molecule is CCOC(=O)Cc1ccccc1OCc1nn([C@@H]2CCOC2)c2ccc(-c3ccc4ccnc(N)c4c3)cc12. The van der Waals surface area contributed by atoms with Gasteiger partial charge in [0.15, 0.2) is 0 Å². The van der Waals surface area contributed by atoms with Crippen molar-refractivity contribution in [1.82, 2.24) is 14.8 Å². The largest absolute Gasteiger partial charge is 0.487 e. The molecule has 39 heavy (non-hydrogen) atoms. The Balaban J connectivity index is 1.36. The van der Waals surface area contributed by atoms with E-state index in [0.717, 1.165) is 57.1 Å². The number of nitrogens with two attached hydrogens (primary N) is 1. The summed E-state index contributed by atoms with van der Waals surface area (Å²) in [4.78, 5) is 16.4. The van der Waals surface area contributed by atoms with Crippen LogP contribution in [0.5, 0.6) is 5.75 Å². The summed E-state index contributed by atoms with van der Waals surface area (Å²) < 4.78 is 19.1. The molecule has 1 atom stereocenters. The summed E-state index contributed by atoms with van der Waals surface area (Å²) in [7, 11) is 0. The fraction of sp³-hybridized carbons (Fsp3) is 0.258. The highest BCUT2D eigenvalue weighted by Gasteiger charge is 2.23. The second kappa shape index (κ2) is 10.7. The smallest absolute Gasteiger partial charge is 0.310 e. The van der Waals surface area contributed by atoms with Crippen molar-refractivity contribution < 1.29 is 19.0 Å². The zero-order valence-corrected chi connectivity index (χ0v) is 21.8. The van der Waals surface area contributed by atoms with Crippen molar-refractivity contribution in [1.29, 1.82) is 0 Å². The molecule has 0 amide bonds. The number of para-hydroxylation sites is 1. The third kappa shape index (κ3) is 5.03. The summed E-state index contributed by atoms with van der Waals surface area (Å²) >= 11 is 0. The molecule has 2 N–H and O–H groups in total. The molecule has 198 valence electrons. The van der Waals surface area contributed by atoms with E-state index in [-0.39, 0.29) is 25.0 Å². The number of ether oxygens (including phenoxy) is 3. The van der Waals surface area contributed by atoms with Gasteiger partial charge in [-0.3, -0.25) is 9.48 Å². The van der Waals surface area contributed by atoms with E-state index in [0.29, 0.717) is 24.8 Å². The number of carbonyl (C=O) groups excluding carboxylic acids is 1. The van der Waals surface area contributed by atoms with Crippen LogP contribution in [0.25, 0.3) is 32.8 Å². The van der Waals surface area contributed by atoms with Crippen LogP contribution < -0.4 is 10.5 Å². The van der Waals surface area contributed by atoms with Crippen molar-refractivity contribution in [3.63, 3.8) is 0 Å². The minimum atomic E-state index is -0.277. The first kappa shape index (κ1) is 24.9. The van der Waals surface area contributed by atoms with Gasteiger partial charge in [0.2, 0.25) is 0 Å². The van der Waals surface area contributed by atoms with E-state index in [9.17, 15) is 4.79 Å². The Morgan fingerprint density at radius 3 is 2.72 bits per heavy atom. The maximum Gasteiger partial charge on any atom is 0.310 e. The number of hydrogen-bond donors (Lipinski definition) is 1. The molecule has 0 spiro atoms. The highest BCUT2D eigenvalue weighted by Crippen LogP contribution is 2.33. The van der Waals surface area contributed by atoms with Gasteiger partial charge >= 0.3 is 5.97 Å². The molecule has 3 aromatic carbocycles.